The molecule has 1 unspecified atom stereocenters. The van der Waals surface area contributed by atoms with E-state index in [1.54, 1.807) is 14.2 Å². The van der Waals surface area contributed by atoms with Crippen LogP contribution in [0.3, 0.4) is 0 Å². The van der Waals surface area contributed by atoms with Gasteiger partial charge in [-0.15, -0.1) is 0 Å². The monoisotopic (exact) mass is 261 g/mol. The van der Waals surface area contributed by atoms with Gasteiger partial charge in [0.2, 0.25) is 0 Å². The molecule has 0 amide bonds. The number of carbonyl (C=O) groups excluding carboxylic acids is 1. The quantitative estimate of drug-likeness (QED) is 0.583. The lowest BCUT2D eigenvalue weighted by Gasteiger charge is -2.34. The van der Waals surface area contributed by atoms with E-state index in [9.17, 15) is 4.79 Å². The molecule has 0 aliphatic heterocycles. The van der Waals surface area contributed by atoms with Gasteiger partial charge in [-0.05, 0) is 20.8 Å². The first-order chi connectivity index (χ1) is 8.38. The van der Waals surface area contributed by atoms with Crippen molar-refractivity contribution in [3.63, 3.8) is 0 Å². The van der Waals surface area contributed by atoms with Crippen LogP contribution in [-0.2, 0) is 19.0 Å². The van der Waals surface area contributed by atoms with Crippen LogP contribution in [0.1, 0.15) is 20.8 Å². The van der Waals surface area contributed by atoms with Crippen molar-refractivity contribution < 1.29 is 19.0 Å². The first-order valence-electron chi connectivity index (χ1n) is 6.19. The average molecular weight is 261 g/mol. The summed E-state index contributed by atoms with van der Waals surface area (Å²) < 4.78 is 15.1. The normalized spacial score (nSPS) is 13.7. The topological polar surface area (TPSA) is 48.0 Å². The molecule has 0 spiro atoms. The molecule has 0 aromatic heterocycles. The molecule has 0 bridgehead atoms. The maximum absolute atomic E-state index is 11.7. The number of hydrogen-bond donors (Lipinski definition) is 0. The molecule has 0 rings (SSSR count). The Labute approximate surface area is 110 Å². The van der Waals surface area contributed by atoms with Crippen molar-refractivity contribution in [2.24, 2.45) is 5.41 Å². The molecule has 0 fully saturated rings. The molecule has 0 heterocycles. The number of rotatable bonds is 9. The van der Waals surface area contributed by atoms with E-state index < -0.39 is 5.41 Å². The molecular weight excluding hydrogens is 234 g/mol. The van der Waals surface area contributed by atoms with Crippen LogP contribution in [0.25, 0.3) is 0 Å². The number of esters is 1. The smallest absolute Gasteiger partial charge is 0.312 e. The molecule has 1 atom stereocenters. The largest absolute Gasteiger partial charge is 0.469 e. The summed E-state index contributed by atoms with van der Waals surface area (Å²) in [6, 6.07) is 0.231. The fourth-order valence-corrected chi connectivity index (χ4v) is 1.86. The zero-order valence-corrected chi connectivity index (χ0v) is 12.5. The third-order valence-electron chi connectivity index (χ3n) is 2.95. The molecule has 0 radical (unpaired) electrons. The zero-order chi connectivity index (χ0) is 14.2. The molecule has 0 saturated heterocycles. The van der Waals surface area contributed by atoms with Crippen molar-refractivity contribution in [3.05, 3.63) is 0 Å². The summed E-state index contributed by atoms with van der Waals surface area (Å²) in [5.41, 5.74) is -0.537. The fraction of sp³-hybridized carbons (Fsp3) is 0.923. The van der Waals surface area contributed by atoms with Crippen LogP contribution in [0.4, 0.5) is 0 Å². The van der Waals surface area contributed by atoms with E-state index in [0.29, 0.717) is 19.8 Å². The lowest BCUT2D eigenvalue weighted by Crippen LogP contribution is -2.46. The second-order valence-corrected chi connectivity index (χ2v) is 5.14. The molecule has 0 aromatic carbocycles. The molecule has 0 aromatic rings. The molecule has 0 aliphatic carbocycles. The Morgan fingerprint density at radius 2 is 1.83 bits per heavy atom. The maximum Gasteiger partial charge on any atom is 0.312 e. The van der Waals surface area contributed by atoms with Crippen molar-refractivity contribution in [1.29, 1.82) is 0 Å². The van der Waals surface area contributed by atoms with Crippen molar-refractivity contribution in [3.8, 4) is 0 Å². The zero-order valence-electron chi connectivity index (χ0n) is 12.5. The number of ether oxygens (including phenoxy) is 3. The lowest BCUT2D eigenvalue weighted by atomic mass is 9.92. The van der Waals surface area contributed by atoms with Crippen LogP contribution in [-0.4, -0.2) is 64.5 Å². The van der Waals surface area contributed by atoms with E-state index >= 15 is 0 Å². The van der Waals surface area contributed by atoms with Crippen molar-refractivity contribution in [1.82, 2.24) is 4.90 Å². The van der Waals surface area contributed by atoms with Gasteiger partial charge >= 0.3 is 5.97 Å². The van der Waals surface area contributed by atoms with Crippen molar-refractivity contribution in [2.45, 2.75) is 26.8 Å². The minimum atomic E-state index is -0.537. The Morgan fingerprint density at radius 1 is 1.22 bits per heavy atom. The van der Waals surface area contributed by atoms with Gasteiger partial charge in [0.1, 0.15) is 0 Å². The molecular formula is C13H27NO4. The molecule has 18 heavy (non-hydrogen) atoms. The number of nitrogens with zero attached hydrogens (tertiary/aromatic N) is 1. The predicted octanol–water partition coefficient (Wildman–Crippen LogP) is 1.17. The highest BCUT2D eigenvalue weighted by Crippen LogP contribution is 2.20. The molecule has 108 valence electrons. The van der Waals surface area contributed by atoms with Crippen LogP contribution in [0.2, 0.25) is 0 Å². The molecule has 0 saturated carbocycles. The summed E-state index contributed by atoms with van der Waals surface area (Å²) in [4.78, 5) is 13.9. The third kappa shape index (κ3) is 5.80. The Balaban J connectivity index is 4.60. The van der Waals surface area contributed by atoms with E-state index in [0.717, 1.165) is 6.54 Å². The van der Waals surface area contributed by atoms with Gasteiger partial charge in [0, 0.05) is 33.4 Å². The van der Waals surface area contributed by atoms with E-state index in [1.807, 2.05) is 13.8 Å². The number of hydrogen-bond acceptors (Lipinski definition) is 5. The third-order valence-corrected chi connectivity index (χ3v) is 2.95. The van der Waals surface area contributed by atoms with Gasteiger partial charge in [-0.2, -0.15) is 0 Å². The summed E-state index contributed by atoms with van der Waals surface area (Å²) in [5.74, 6) is -0.200. The SMILES string of the molecule is COCCN(CC(C)(C)C(=O)OC)C(C)COC. The summed E-state index contributed by atoms with van der Waals surface area (Å²) in [6.45, 7) is 8.49. The Morgan fingerprint density at radius 3 is 2.28 bits per heavy atom. The van der Waals surface area contributed by atoms with Gasteiger partial charge in [0.25, 0.3) is 0 Å². The van der Waals surface area contributed by atoms with E-state index in [1.165, 1.54) is 7.11 Å². The highest BCUT2D eigenvalue weighted by Gasteiger charge is 2.32. The molecule has 5 heteroatoms. The fourth-order valence-electron chi connectivity index (χ4n) is 1.86. The van der Waals surface area contributed by atoms with E-state index in [4.69, 9.17) is 14.2 Å². The summed E-state index contributed by atoms with van der Waals surface area (Å²) >= 11 is 0. The highest BCUT2D eigenvalue weighted by molar-refractivity contribution is 5.76. The molecule has 5 nitrogen and oxygen atoms in total. The summed E-state index contributed by atoms with van der Waals surface area (Å²) in [7, 11) is 4.77. The van der Waals surface area contributed by atoms with Gasteiger partial charge in [-0.3, -0.25) is 9.69 Å². The van der Waals surface area contributed by atoms with Gasteiger partial charge in [-0.1, -0.05) is 0 Å². The lowest BCUT2D eigenvalue weighted by molar-refractivity contribution is -0.152. The van der Waals surface area contributed by atoms with Crippen molar-refractivity contribution >= 4 is 5.97 Å². The van der Waals surface area contributed by atoms with Gasteiger partial charge < -0.3 is 14.2 Å². The Kier molecular flexibility index (Phi) is 8.15. The maximum atomic E-state index is 11.7. The van der Waals surface area contributed by atoms with Crippen LogP contribution in [0.5, 0.6) is 0 Å². The molecule has 0 N–H and O–H groups in total. The summed E-state index contributed by atoms with van der Waals surface area (Å²) in [5, 5.41) is 0. The Bertz CT molecular complexity index is 243. The van der Waals surface area contributed by atoms with Gasteiger partial charge in [0.05, 0.1) is 25.7 Å². The first kappa shape index (κ1) is 17.4. The van der Waals surface area contributed by atoms with Crippen LogP contribution in [0, 0.1) is 5.41 Å². The van der Waals surface area contributed by atoms with Crippen molar-refractivity contribution in [2.75, 3.05) is 47.6 Å². The Hall–Kier alpha value is -0.650. The second kappa shape index (κ2) is 8.45. The predicted molar refractivity (Wildman–Crippen MR) is 70.6 cm³/mol. The van der Waals surface area contributed by atoms with Gasteiger partial charge in [0.15, 0.2) is 0 Å². The summed E-state index contributed by atoms with van der Waals surface area (Å²) in [6.07, 6.45) is 0. The van der Waals surface area contributed by atoms with Crippen LogP contribution in [0.15, 0.2) is 0 Å². The number of carbonyl (C=O) groups is 1. The van der Waals surface area contributed by atoms with E-state index in [2.05, 4.69) is 11.8 Å². The van der Waals surface area contributed by atoms with Gasteiger partial charge in [-0.25, -0.2) is 0 Å². The average Bonchev–Trinajstić information content (AvgIpc) is 2.33. The van der Waals surface area contributed by atoms with E-state index in [-0.39, 0.29) is 12.0 Å². The van der Waals surface area contributed by atoms with Crippen LogP contribution >= 0.6 is 0 Å². The molecule has 0 aliphatic rings. The number of methoxy groups -OCH3 is 3. The van der Waals surface area contributed by atoms with Crippen LogP contribution < -0.4 is 0 Å². The highest BCUT2D eigenvalue weighted by atomic mass is 16.5. The first-order valence-corrected chi connectivity index (χ1v) is 6.19. The minimum Gasteiger partial charge on any atom is -0.469 e. The minimum absolute atomic E-state index is 0.200. The standard InChI is InChI=1S/C13H27NO4/c1-11(9-17-5)14(7-8-16-4)10-13(2,3)12(15)18-6/h11H,7-10H2,1-6H3. The second-order valence-electron chi connectivity index (χ2n) is 5.14.